The fraction of sp³-hybridized carbons (Fsp3) is 0.571. The molecule has 1 saturated heterocycles. The maximum atomic E-state index is 9.58. The highest BCUT2D eigenvalue weighted by Gasteiger charge is 2.45. The van der Waals surface area contributed by atoms with Gasteiger partial charge in [0.2, 0.25) is 0 Å². The van der Waals surface area contributed by atoms with Gasteiger partial charge in [-0.05, 0) is 24.6 Å². The molecular weight excluding hydrogens is 214 g/mol. The van der Waals surface area contributed by atoms with Crippen molar-refractivity contribution < 1.29 is 9.84 Å². The predicted molar refractivity (Wildman–Crippen MR) is 68.0 cm³/mol. The van der Waals surface area contributed by atoms with Crippen molar-refractivity contribution >= 4 is 0 Å². The van der Waals surface area contributed by atoms with Gasteiger partial charge in [-0.1, -0.05) is 31.2 Å². The summed E-state index contributed by atoms with van der Waals surface area (Å²) in [5, 5.41) is 12.9. The monoisotopic (exact) mass is 235 g/mol. The Morgan fingerprint density at radius 1 is 1.35 bits per heavy atom. The van der Waals surface area contributed by atoms with E-state index in [2.05, 4.69) is 36.5 Å². The highest BCUT2D eigenvalue weighted by atomic mass is 16.5. The normalized spacial score (nSPS) is 19.7. The summed E-state index contributed by atoms with van der Waals surface area (Å²) in [6.45, 7) is 3.57. The van der Waals surface area contributed by atoms with Crippen LogP contribution in [0.2, 0.25) is 0 Å². The van der Waals surface area contributed by atoms with Crippen LogP contribution >= 0.6 is 0 Å². The SMILES string of the molecule is CCc1ccc(C(NC)C2(CO)COC2)cc1. The molecule has 1 fully saturated rings. The molecule has 0 radical (unpaired) electrons. The third kappa shape index (κ3) is 2.23. The summed E-state index contributed by atoms with van der Waals surface area (Å²) in [6, 6.07) is 8.77. The van der Waals surface area contributed by atoms with Crippen LogP contribution in [0.3, 0.4) is 0 Å². The molecule has 17 heavy (non-hydrogen) atoms. The Morgan fingerprint density at radius 2 is 2.00 bits per heavy atom. The van der Waals surface area contributed by atoms with Crippen LogP contribution in [0.1, 0.15) is 24.1 Å². The van der Waals surface area contributed by atoms with Crippen molar-refractivity contribution in [3.05, 3.63) is 35.4 Å². The lowest BCUT2D eigenvalue weighted by Crippen LogP contribution is -2.53. The van der Waals surface area contributed by atoms with E-state index in [1.54, 1.807) is 0 Å². The molecule has 2 N–H and O–H groups in total. The molecule has 1 aliphatic heterocycles. The summed E-state index contributed by atoms with van der Waals surface area (Å²) in [5.41, 5.74) is 2.41. The van der Waals surface area contributed by atoms with E-state index in [0.717, 1.165) is 6.42 Å². The van der Waals surface area contributed by atoms with Gasteiger partial charge in [0.1, 0.15) is 0 Å². The second kappa shape index (κ2) is 5.17. The Hall–Kier alpha value is -0.900. The van der Waals surface area contributed by atoms with E-state index in [1.165, 1.54) is 11.1 Å². The number of aryl methyl sites for hydroxylation is 1. The first-order valence-corrected chi connectivity index (χ1v) is 6.20. The average Bonchev–Trinajstić information content (AvgIpc) is 2.34. The molecule has 3 nitrogen and oxygen atoms in total. The molecule has 0 bridgehead atoms. The van der Waals surface area contributed by atoms with Crippen LogP contribution in [-0.4, -0.2) is 32.0 Å². The Labute approximate surface area is 103 Å². The van der Waals surface area contributed by atoms with E-state index in [4.69, 9.17) is 4.74 Å². The zero-order valence-electron chi connectivity index (χ0n) is 10.6. The molecule has 1 atom stereocenters. The molecule has 0 spiro atoms. The van der Waals surface area contributed by atoms with E-state index in [-0.39, 0.29) is 18.1 Å². The minimum absolute atomic E-state index is 0.150. The minimum atomic E-state index is -0.150. The van der Waals surface area contributed by atoms with Gasteiger partial charge >= 0.3 is 0 Å². The van der Waals surface area contributed by atoms with E-state index >= 15 is 0 Å². The van der Waals surface area contributed by atoms with Gasteiger partial charge in [-0.15, -0.1) is 0 Å². The zero-order chi connectivity index (χ0) is 12.3. The molecule has 1 aliphatic rings. The highest BCUT2D eigenvalue weighted by Crippen LogP contribution is 2.39. The summed E-state index contributed by atoms with van der Waals surface area (Å²) in [7, 11) is 1.94. The topological polar surface area (TPSA) is 41.5 Å². The first kappa shape index (κ1) is 12.6. The molecule has 0 amide bonds. The van der Waals surface area contributed by atoms with Gasteiger partial charge < -0.3 is 15.2 Å². The largest absolute Gasteiger partial charge is 0.396 e. The van der Waals surface area contributed by atoms with Crippen LogP contribution in [0.4, 0.5) is 0 Å². The van der Waals surface area contributed by atoms with E-state index < -0.39 is 0 Å². The number of nitrogens with one attached hydrogen (secondary N) is 1. The van der Waals surface area contributed by atoms with Crippen LogP contribution in [0, 0.1) is 5.41 Å². The number of hydrogen-bond acceptors (Lipinski definition) is 3. The van der Waals surface area contributed by atoms with E-state index in [9.17, 15) is 5.11 Å². The van der Waals surface area contributed by atoms with Crippen molar-refractivity contribution in [2.75, 3.05) is 26.9 Å². The predicted octanol–water partition coefficient (Wildman–Crippen LogP) is 1.52. The molecule has 1 heterocycles. The van der Waals surface area contributed by atoms with Crippen molar-refractivity contribution in [3.63, 3.8) is 0 Å². The molecule has 1 unspecified atom stereocenters. The van der Waals surface area contributed by atoms with Crippen molar-refractivity contribution in [1.29, 1.82) is 0 Å². The fourth-order valence-corrected chi connectivity index (χ4v) is 2.49. The molecule has 94 valence electrons. The van der Waals surface area contributed by atoms with Gasteiger partial charge in [-0.25, -0.2) is 0 Å². The minimum Gasteiger partial charge on any atom is -0.396 e. The Kier molecular flexibility index (Phi) is 3.82. The lowest BCUT2D eigenvalue weighted by atomic mass is 9.76. The molecule has 0 aliphatic carbocycles. The van der Waals surface area contributed by atoms with Gasteiger partial charge in [0.15, 0.2) is 0 Å². The number of rotatable bonds is 5. The molecular formula is C14H21NO2. The summed E-state index contributed by atoms with van der Waals surface area (Å²) in [6.07, 6.45) is 1.05. The smallest absolute Gasteiger partial charge is 0.0596 e. The maximum absolute atomic E-state index is 9.58. The first-order valence-electron chi connectivity index (χ1n) is 6.20. The lowest BCUT2D eigenvalue weighted by Gasteiger charge is -2.46. The van der Waals surface area contributed by atoms with Gasteiger partial charge in [0.25, 0.3) is 0 Å². The fourth-order valence-electron chi connectivity index (χ4n) is 2.49. The third-order valence-corrected chi connectivity index (χ3v) is 3.72. The first-order chi connectivity index (χ1) is 8.25. The second-order valence-corrected chi connectivity index (χ2v) is 4.83. The van der Waals surface area contributed by atoms with Crippen molar-refractivity contribution in [3.8, 4) is 0 Å². The number of ether oxygens (including phenoxy) is 1. The van der Waals surface area contributed by atoms with Gasteiger partial charge in [0.05, 0.1) is 25.2 Å². The van der Waals surface area contributed by atoms with Crippen LogP contribution in [0.25, 0.3) is 0 Å². The average molecular weight is 235 g/mol. The summed E-state index contributed by atoms with van der Waals surface area (Å²) < 4.78 is 5.28. The lowest BCUT2D eigenvalue weighted by molar-refractivity contribution is -0.155. The Bertz CT molecular complexity index is 351. The van der Waals surface area contributed by atoms with Crippen LogP contribution in [-0.2, 0) is 11.2 Å². The summed E-state index contributed by atoms with van der Waals surface area (Å²) >= 11 is 0. The van der Waals surface area contributed by atoms with Crippen molar-refractivity contribution in [1.82, 2.24) is 5.32 Å². The van der Waals surface area contributed by atoms with Crippen LogP contribution < -0.4 is 5.32 Å². The van der Waals surface area contributed by atoms with E-state index in [1.807, 2.05) is 7.05 Å². The zero-order valence-corrected chi connectivity index (χ0v) is 10.6. The third-order valence-electron chi connectivity index (χ3n) is 3.72. The quantitative estimate of drug-likeness (QED) is 0.813. The molecule has 1 aromatic carbocycles. The van der Waals surface area contributed by atoms with Gasteiger partial charge in [0, 0.05) is 6.04 Å². The van der Waals surface area contributed by atoms with Gasteiger partial charge in [-0.2, -0.15) is 0 Å². The molecule has 1 aromatic rings. The molecule has 2 rings (SSSR count). The number of benzene rings is 1. The molecule has 0 aromatic heterocycles. The molecule has 3 heteroatoms. The summed E-state index contributed by atoms with van der Waals surface area (Å²) in [5.74, 6) is 0. The van der Waals surface area contributed by atoms with Crippen molar-refractivity contribution in [2.24, 2.45) is 5.41 Å². The van der Waals surface area contributed by atoms with Gasteiger partial charge in [-0.3, -0.25) is 0 Å². The highest BCUT2D eigenvalue weighted by molar-refractivity contribution is 5.27. The van der Waals surface area contributed by atoms with Crippen LogP contribution in [0.5, 0.6) is 0 Å². The number of aliphatic hydroxyl groups is 1. The molecule has 0 saturated carbocycles. The Morgan fingerprint density at radius 3 is 2.35 bits per heavy atom. The number of hydrogen-bond donors (Lipinski definition) is 2. The standard InChI is InChI=1S/C14H21NO2/c1-3-11-4-6-12(7-5-11)13(15-2)14(8-16)9-17-10-14/h4-7,13,15-16H,3,8-10H2,1-2H3. The number of aliphatic hydroxyl groups excluding tert-OH is 1. The Balaban J connectivity index is 2.22. The van der Waals surface area contributed by atoms with Crippen molar-refractivity contribution in [2.45, 2.75) is 19.4 Å². The van der Waals surface area contributed by atoms with Crippen LogP contribution in [0.15, 0.2) is 24.3 Å². The maximum Gasteiger partial charge on any atom is 0.0596 e. The van der Waals surface area contributed by atoms with E-state index in [0.29, 0.717) is 13.2 Å². The summed E-state index contributed by atoms with van der Waals surface area (Å²) in [4.78, 5) is 0. The second-order valence-electron chi connectivity index (χ2n) is 4.83.